The lowest BCUT2D eigenvalue weighted by Gasteiger charge is -2.29. The molecule has 2 atom stereocenters. The average Bonchev–Trinajstić information content (AvgIpc) is 3.26. The highest BCUT2D eigenvalue weighted by molar-refractivity contribution is 5.87. The molecule has 0 aliphatic carbocycles. The molecule has 7 nitrogen and oxygen atoms in total. The molecule has 2 N–H and O–H groups in total. The topological polar surface area (TPSA) is 95.0 Å². The molecular formula is C16H21N5O2. The molecule has 0 radical (unpaired) electrons. The molecule has 122 valence electrons. The number of rotatable bonds is 4. The fraction of sp³-hybridized carbons (Fsp3) is 0.500. The maximum absolute atomic E-state index is 13.0. The van der Waals surface area contributed by atoms with Crippen LogP contribution in [0.15, 0.2) is 24.3 Å². The number of phenols is 1. The molecule has 3 rings (SSSR count). The number of hydrogen-bond acceptors (Lipinski definition) is 5. The summed E-state index contributed by atoms with van der Waals surface area (Å²) >= 11 is 0. The summed E-state index contributed by atoms with van der Waals surface area (Å²) in [5, 5.41) is 23.4. The Hall–Kier alpha value is -2.44. The SMILES string of the molecule is CCC(C)(C(=O)N1CCC(c2ccc(O)cc2)C1)c1nn[nH]n1. The Bertz CT molecular complexity index is 670. The van der Waals surface area contributed by atoms with E-state index in [2.05, 4.69) is 20.6 Å². The van der Waals surface area contributed by atoms with Gasteiger partial charge in [-0.15, -0.1) is 10.2 Å². The van der Waals surface area contributed by atoms with Gasteiger partial charge in [0, 0.05) is 19.0 Å². The number of benzene rings is 1. The Morgan fingerprint density at radius 3 is 2.78 bits per heavy atom. The van der Waals surface area contributed by atoms with Gasteiger partial charge in [-0.05, 0) is 37.5 Å². The molecule has 1 aromatic heterocycles. The smallest absolute Gasteiger partial charge is 0.236 e. The van der Waals surface area contributed by atoms with Crippen LogP contribution < -0.4 is 0 Å². The van der Waals surface area contributed by atoms with Crippen molar-refractivity contribution in [3.63, 3.8) is 0 Å². The van der Waals surface area contributed by atoms with Crippen molar-refractivity contribution in [2.45, 2.75) is 38.0 Å². The minimum absolute atomic E-state index is 0.0441. The van der Waals surface area contributed by atoms with Crippen LogP contribution in [0.1, 0.15) is 44.0 Å². The van der Waals surface area contributed by atoms with Gasteiger partial charge in [-0.2, -0.15) is 5.21 Å². The minimum Gasteiger partial charge on any atom is -0.508 e. The van der Waals surface area contributed by atoms with Crippen molar-refractivity contribution in [3.8, 4) is 5.75 Å². The summed E-state index contributed by atoms with van der Waals surface area (Å²) in [7, 11) is 0. The van der Waals surface area contributed by atoms with Crippen LogP contribution in [0.4, 0.5) is 0 Å². The van der Waals surface area contributed by atoms with Gasteiger partial charge >= 0.3 is 0 Å². The van der Waals surface area contributed by atoms with Crippen LogP contribution in [0, 0.1) is 0 Å². The lowest BCUT2D eigenvalue weighted by molar-refractivity contribution is -0.136. The van der Waals surface area contributed by atoms with Crippen molar-refractivity contribution in [1.82, 2.24) is 25.5 Å². The van der Waals surface area contributed by atoms with Crippen molar-refractivity contribution in [2.75, 3.05) is 13.1 Å². The van der Waals surface area contributed by atoms with Crippen LogP contribution in [0.5, 0.6) is 5.75 Å². The molecule has 23 heavy (non-hydrogen) atoms. The molecule has 2 heterocycles. The van der Waals surface area contributed by atoms with E-state index in [4.69, 9.17) is 0 Å². The van der Waals surface area contributed by atoms with E-state index < -0.39 is 5.41 Å². The van der Waals surface area contributed by atoms with E-state index in [1.165, 1.54) is 0 Å². The van der Waals surface area contributed by atoms with E-state index in [1.807, 2.05) is 30.9 Å². The van der Waals surface area contributed by atoms with Crippen molar-refractivity contribution in [2.24, 2.45) is 0 Å². The number of nitrogens with zero attached hydrogens (tertiary/aromatic N) is 4. The molecule has 0 bridgehead atoms. The third-order valence-electron chi connectivity index (χ3n) is 4.86. The molecule has 1 aromatic carbocycles. The second-order valence-corrected chi connectivity index (χ2v) is 6.25. The normalized spacial score (nSPS) is 20.4. The Balaban J connectivity index is 1.75. The van der Waals surface area contributed by atoms with Crippen molar-refractivity contribution < 1.29 is 9.90 Å². The number of H-pyrrole nitrogens is 1. The van der Waals surface area contributed by atoms with Gasteiger partial charge in [-0.25, -0.2) is 0 Å². The van der Waals surface area contributed by atoms with E-state index in [0.717, 1.165) is 18.5 Å². The predicted molar refractivity (Wildman–Crippen MR) is 83.9 cm³/mol. The van der Waals surface area contributed by atoms with Crippen LogP contribution in [-0.4, -0.2) is 49.6 Å². The molecule has 0 spiro atoms. The second kappa shape index (κ2) is 5.98. The minimum atomic E-state index is -0.753. The van der Waals surface area contributed by atoms with E-state index in [1.54, 1.807) is 12.1 Å². The van der Waals surface area contributed by atoms with Crippen LogP contribution in [0.3, 0.4) is 0 Å². The molecule has 1 saturated heterocycles. The van der Waals surface area contributed by atoms with Crippen molar-refractivity contribution in [3.05, 3.63) is 35.7 Å². The maximum Gasteiger partial charge on any atom is 0.236 e. The molecule has 0 saturated carbocycles. The van der Waals surface area contributed by atoms with Crippen LogP contribution in [0.2, 0.25) is 0 Å². The Morgan fingerprint density at radius 1 is 1.43 bits per heavy atom. The molecule has 1 fully saturated rings. The summed E-state index contributed by atoms with van der Waals surface area (Å²) in [6, 6.07) is 7.23. The second-order valence-electron chi connectivity index (χ2n) is 6.25. The van der Waals surface area contributed by atoms with E-state index in [9.17, 15) is 9.90 Å². The summed E-state index contributed by atoms with van der Waals surface area (Å²) in [4.78, 5) is 14.9. The van der Waals surface area contributed by atoms with Gasteiger partial charge in [0.15, 0.2) is 5.82 Å². The lowest BCUT2D eigenvalue weighted by atomic mass is 9.85. The maximum atomic E-state index is 13.0. The van der Waals surface area contributed by atoms with Gasteiger partial charge in [0.05, 0.1) is 0 Å². The summed E-state index contributed by atoms with van der Waals surface area (Å²) in [6.07, 6.45) is 1.54. The number of aromatic amines is 1. The number of phenolic OH excluding ortho intramolecular Hbond substituents is 1. The number of carbonyl (C=O) groups is 1. The van der Waals surface area contributed by atoms with Gasteiger partial charge in [-0.3, -0.25) is 4.79 Å². The summed E-state index contributed by atoms with van der Waals surface area (Å²) < 4.78 is 0. The third kappa shape index (κ3) is 2.78. The van der Waals surface area contributed by atoms with Crippen molar-refractivity contribution >= 4 is 5.91 Å². The van der Waals surface area contributed by atoms with Gasteiger partial charge in [-0.1, -0.05) is 24.3 Å². The highest BCUT2D eigenvalue weighted by Gasteiger charge is 2.42. The van der Waals surface area contributed by atoms with Crippen LogP contribution in [0.25, 0.3) is 0 Å². The van der Waals surface area contributed by atoms with Gasteiger partial charge in [0.1, 0.15) is 11.2 Å². The van der Waals surface area contributed by atoms with E-state index >= 15 is 0 Å². The van der Waals surface area contributed by atoms with Crippen LogP contribution in [-0.2, 0) is 10.2 Å². The molecule has 1 aliphatic rings. The zero-order chi connectivity index (χ0) is 16.4. The molecule has 1 amide bonds. The number of aromatic nitrogens is 4. The number of likely N-dealkylation sites (tertiary alicyclic amines) is 1. The number of nitrogens with one attached hydrogen (secondary N) is 1. The zero-order valence-corrected chi connectivity index (χ0v) is 13.4. The number of amides is 1. The van der Waals surface area contributed by atoms with Crippen molar-refractivity contribution in [1.29, 1.82) is 0 Å². The monoisotopic (exact) mass is 315 g/mol. The fourth-order valence-electron chi connectivity index (χ4n) is 3.11. The third-order valence-corrected chi connectivity index (χ3v) is 4.86. The summed E-state index contributed by atoms with van der Waals surface area (Å²) in [5.41, 5.74) is 0.396. The average molecular weight is 315 g/mol. The van der Waals surface area contributed by atoms with Crippen LogP contribution >= 0.6 is 0 Å². The first-order valence-electron chi connectivity index (χ1n) is 7.87. The van der Waals surface area contributed by atoms with Gasteiger partial charge < -0.3 is 10.0 Å². The number of carbonyl (C=O) groups excluding carboxylic acids is 1. The summed E-state index contributed by atoms with van der Waals surface area (Å²) in [5.74, 6) is 1.04. The highest BCUT2D eigenvalue weighted by Crippen LogP contribution is 2.33. The predicted octanol–water partition coefficient (Wildman–Crippen LogP) is 1.59. The number of hydrogen-bond donors (Lipinski definition) is 2. The molecule has 7 heteroatoms. The molecule has 2 aromatic rings. The summed E-state index contributed by atoms with van der Waals surface area (Å²) in [6.45, 7) is 5.23. The first-order valence-corrected chi connectivity index (χ1v) is 7.87. The zero-order valence-electron chi connectivity index (χ0n) is 13.4. The largest absolute Gasteiger partial charge is 0.508 e. The quantitative estimate of drug-likeness (QED) is 0.893. The lowest BCUT2D eigenvalue weighted by Crippen LogP contribution is -2.44. The fourth-order valence-corrected chi connectivity index (χ4v) is 3.11. The molecule has 2 unspecified atom stereocenters. The first kappa shape index (κ1) is 15.5. The number of aromatic hydroxyl groups is 1. The van der Waals surface area contributed by atoms with Gasteiger partial charge in [0.25, 0.3) is 0 Å². The number of tetrazole rings is 1. The van der Waals surface area contributed by atoms with E-state index in [0.29, 0.717) is 24.7 Å². The molecule has 1 aliphatic heterocycles. The standard InChI is InChI=1S/C16H21N5O2/c1-3-16(2,14-17-19-20-18-14)15(23)21-9-8-12(10-21)11-4-6-13(22)7-5-11/h4-7,12,22H,3,8-10H2,1-2H3,(H,17,18,19,20). The Kier molecular flexibility index (Phi) is 4.02. The van der Waals surface area contributed by atoms with Gasteiger partial charge in [0.2, 0.25) is 5.91 Å². The highest BCUT2D eigenvalue weighted by atomic mass is 16.3. The van der Waals surface area contributed by atoms with E-state index in [-0.39, 0.29) is 11.7 Å². The first-order chi connectivity index (χ1) is 11.0. The Labute approximate surface area is 134 Å². The Morgan fingerprint density at radius 2 is 2.17 bits per heavy atom. The molecular weight excluding hydrogens is 294 g/mol.